The predicted molar refractivity (Wildman–Crippen MR) is 381 cm³/mol. The Bertz CT molecular complexity index is 3680. The summed E-state index contributed by atoms with van der Waals surface area (Å²) in [6.07, 6.45) is 3.62. The molecule has 103 heavy (non-hydrogen) atoms. The van der Waals surface area contributed by atoms with Gasteiger partial charge in [-0.25, -0.2) is 0 Å². The molecule has 4 aromatic rings. The number of benzene rings is 4. The lowest BCUT2D eigenvalue weighted by Crippen LogP contribution is -2.61. The molecule has 554 valence electrons. The molecule has 5 rings (SSSR count). The van der Waals surface area contributed by atoms with Crippen LogP contribution in [0.1, 0.15) is 62.3 Å². The number of thioether (sulfide) groups is 1. The number of terminal acetylenes is 1. The van der Waals surface area contributed by atoms with Crippen molar-refractivity contribution in [2.75, 3.05) is 36.6 Å². The van der Waals surface area contributed by atoms with E-state index in [1.807, 2.05) is 0 Å². The Balaban J connectivity index is 1.57. The van der Waals surface area contributed by atoms with Crippen molar-refractivity contribution < 1.29 is 92.7 Å². The predicted octanol–water partition coefficient (Wildman–Crippen LogP) is -2.11. The van der Waals surface area contributed by atoms with Crippen molar-refractivity contribution in [3.05, 3.63) is 125 Å². The fourth-order valence-electron chi connectivity index (χ4n) is 9.95. The summed E-state index contributed by atoms with van der Waals surface area (Å²) >= 11 is 1.04. The van der Waals surface area contributed by atoms with E-state index in [0.717, 1.165) is 33.3 Å². The van der Waals surface area contributed by atoms with Crippen molar-refractivity contribution in [2.45, 2.75) is 132 Å². The van der Waals surface area contributed by atoms with Crippen LogP contribution in [0.3, 0.4) is 0 Å². The molecule has 1 aliphatic heterocycles. The van der Waals surface area contributed by atoms with Crippen LogP contribution in [0.5, 0.6) is 17.2 Å². The Morgan fingerprint density at radius 2 is 1.11 bits per heavy atom. The minimum Gasteiger partial charge on any atom is -0.508 e. The number of carboxylic acid groups (broad SMARTS) is 2. The van der Waals surface area contributed by atoms with Crippen molar-refractivity contribution in [3.8, 4) is 29.6 Å². The number of aromatic hydroxyl groups is 3. The molecular weight excluding hydrogens is 1400 g/mol. The second-order valence-corrected chi connectivity index (χ2v) is 27.6. The third kappa shape index (κ3) is 28.8. The van der Waals surface area contributed by atoms with E-state index in [2.05, 4.69) is 69.7 Å². The number of rotatable bonds is 28. The van der Waals surface area contributed by atoms with Crippen molar-refractivity contribution in [2.24, 2.45) is 11.7 Å². The number of carbonyl (C=O) groups excluding carboxylic acids is 12. The van der Waals surface area contributed by atoms with Crippen molar-refractivity contribution in [1.29, 1.82) is 0 Å². The Labute approximate surface area is 605 Å². The highest BCUT2D eigenvalue weighted by Gasteiger charge is 2.37. The molecule has 12 amide bonds. The van der Waals surface area contributed by atoms with Gasteiger partial charge in [0, 0.05) is 42.9 Å². The molecule has 19 N–H and O–H groups in total. The molecule has 0 aliphatic carbocycles. The topological polar surface area (TPSA) is 511 Å². The van der Waals surface area contributed by atoms with Gasteiger partial charge < -0.3 is 95.1 Å². The van der Waals surface area contributed by atoms with Crippen LogP contribution in [-0.2, 0) is 92.8 Å². The molecule has 35 heteroatoms. The number of phenols is 3. The zero-order valence-electron chi connectivity index (χ0n) is 56.6. The highest BCUT2D eigenvalue weighted by atomic mass is 33.1. The van der Waals surface area contributed by atoms with Gasteiger partial charge in [-0.05, 0) is 90.6 Å². The molecule has 11 atom stereocenters. The molecule has 0 aromatic heterocycles. The number of aliphatic carboxylic acids is 2. The van der Waals surface area contributed by atoms with Crippen LogP contribution in [0.25, 0.3) is 0 Å². The van der Waals surface area contributed by atoms with Gasteiger partial charge in [-0.15, -0.1) is 6.42 Å². The molecular formula is C68H85N13O19S3. The third-order valence-electron chi connectivity index (χ3n) is 15.5. The van der Waals surface area contributed by atoms with Gasteiger partial charge in [0.05, 0.1) is 25.6 Å². The molecule has 0 spiro atoms. The van der Waals surface area contributed by atoms with Crippen molar-refractivity contribution in [3.63, 3.8) is 0 Å². The first-order chi connectivity index (χ1) is 48.9. The third-order valence-corrected chi connectivity index (χ3v) is 18.6. The first kappa shape index (κ1) is 83.1. The summed E-state index contributed by atoms with van der Waals surface area (Å²) in [6, 6.07) is 7.62. The Hall–Kier alpha value is -10.6. The zero-order valence-corrected chi connectivity index (χ0v) is 59.0. The molecule has 32 nitrogen and oxygen atoms in total. The molecule has 1 aliphatic rings. The molecule has 1 saturated heterocycles. The van der Waals surface area contributed by atoms with Gasteiger partial charge in [0.15, 0.2) is 0 Å². The molecule has 0 bridgehead atoms. The lowest BCUT2D eigenvalue weighted by Gasteiger charge is -2.28. The number of hydrogen-bond donors (Lipinski definition) is 18. The van der Waals surface area contributed by atoms with Crippen molar-refractivity contribution in [1.82, 2.24) is 63.8 Å². The molecule has 1 fully saturated rings. The first-order valence-electron chi connectivity index (χ1n) is 32.3. The highest BCUT2D eigenvalue weighted by molar-refractivity contribution is 8.76. The average molecular weight is 1480 g/mol. The monoisotopic (exact) mass is 1480 g/mol. The van der Waals surface area contributed by atoms with E-state index in [-0.39, 0.29) is 55.2 Å². The van der Waals surface area contributed by atoms with E-state index in [1.54, 1.807) is 50.4 Å². The SMILES string of the molecule is C#CCNC(=O)[C@@H](NC(=O)[C@H](CC(=O)O)NC(=O)[C@H](CSC)NC(=O)[C@H](Cc1ccc(O)cc1)NC(=O)[C@@H]1CSSC[C@H](NC(=O)[C@@H](N)Cc2ccc(O)cc2)C(=O)N[C@@H](CCC(=O)O)C(=O)NCC(=O)N[C@@H](Cc2ccccc2)C(=O)N[C@H](Cc2ccc(O)cc2)C(=O)N[C@@H](C)C(=O)N1)C(C)C. The quantitative estimate of drug-likeness (QED) is 0.0214. The maximum Gasteiger partial charge on any atom is 0.305 e. The van der Waals surface area contributed by atoms with Crippen LogP contribution < -0.4 is 69.5 Å². The highest BCUT2D eigenvalue weighted by Crippen LogP contribution is 2.25. The summed E-state index contributed by atoms with van der Waals surface area (Å²) in [5, 5.41) is 79.7. The Kier molecular flexibility index (Phi) is 33.9. The molecule has 1 heterocycles. The lowest BCUT2D eigenvalue weighted by molar-refractivity contribution is -0.141. The number of nitrogens with one attached hydrogen (secondary N) is 12. The van der Waals surface area contributed by atoms with Gasteiger partial charge in [0.2, 0.25) is 70.9 Å². The van der Waals surface area contributed by atoms with E-state index in [0.29, 0.717) is 22.3 Å². The smallest absolute Gasteiger partial charge is 0.305 e. The van der Waals surface area contributed by atoms with Gasteiger partial charge in [0.25, 0.3) is 0 Å². The standard InChI is InChI=1S/C68H85N13O19S3/c1-6-26-70-68(100)57(36(2)3)81-64(96)50(31-56(88)89)77-65(97)51(33-101-5)80-63(95)49(30-41-16-22-44(84)23-17-41)76-67(99)52-34-102-103-35-53(79-59(91)45(69)27-39-12-18-42(82)19-13-39)66(98)74-46(24-25-55(86)87)60(92)71-32-54(85)73-47(28-38-10-8-7-9-11-38)62(94)75-48(29-40-14-20-43(83)21-15-40)61(93)72-37(4)58(90)78-52/h1,7-23,36-37,45-53,57,82-84H,24-35,69H2,2-5H3,(H,70,100)(H,71,92)(H,72,93)(H,73,85)(H,74,98)(H,75,94)(H,76,99)(H,77,97)(H,78,90)(H,79,91)(H,80,95)(H,81,96)(H,86,87)(H,88,89)/t37-,45-,46-,47-,48+,49-,50-,51-,52-,53-,57-/m0/s1. The number of hydrogen-bond acceptors (Lipinski definition) is 21. The maximum absolute atomic E-state index is 15.0. The molecule has 4 aromatic carbocycles. The number of amides is 12. The Morgan fingerprint density at radius 3 is 1.68 bits per heavy atom. The van der Waals surface area contributed by atoms with Crippen LogP contribution in [0.2, 0.25) is 0 Å². The lowest BCUT2D eigenvalue weighted by atomic mass is 10.0. The van der Waals surface area contributed by atoms with Crippen LogP contribution in [0, 0.1) is 18.3 Å². The normalized spacial score (nSPS) is 19.5. The first-order valence-corrected chi connectivity index (χ1v) is 36.1. The summed E-state index contributed by atoms with van der Waals surface area (Å²) in [6.45, 7) is 3.38. The fourth-order valence-corrected chi connectivity index (χ4v) is 12.8. The summed E-state index contributed by atoms with van der Waals surface area (Å²) in [5.74, 6) is -14.7. The van der Waals surface area contributed by atoms with Gasteiger partial charge in [0.1, 0.15) is 77.7 Å². The number of carbonyl (C=O) groups is 14. The van der Waals surface area contributed by atoms with E-state index in [9.17, 15) is 87.9 Å². The minimum absolute atomic E-state index is 0.0767. The molecule has 0 saturated carbocycles. The largest absolute Gasteiger partial charge is 0.508 e. The second-order valence-electron chi connectivity index (χ2n) is 24.1. The second kappa shape index (κ2) is 42.0. The molecule has 0 unspecified atom stereocenters. The van der Waals surface area contributed by atoms with Crippen LogP contribution >= 0.6 is 33.3 Å². The van der Waals surface area contributed by atoms with Gasteiger partial charge in [-0.3, -0.25) is 67.1 Å². The average Bonchev–Trinajstić information content (AvgIpc) is 1.02. The van der Waals surface area contributed by atoms with Gasteiger partial charge >= 0.3 is 11.9 Å². The molecule has 0 radical (unpaired) electrons. The van der Waals surface area contributed by atoms with E-state index >= 15 is 4.79 Å². The van der Waals surface area contributed by atoms with Crippen molar-refractivity contribution >= 4 is 116 Å². The summed E-state index contributed by atoms with van der Waals surface area (Å²) in [5.41, 5.74) is 8.06. The summed E-state index contributed by atoms with van der Waals surface area (Å²) in [4.78, 5) is 195. The van der Waals surface area contributed by atoms with Crippen LogP contribution in [0.15, 0.2) is 103 Å². The zero-order chi connectivity index (χ0) is 75.9. The fraction of sp³-hybridized carbons (Fsp3) is 0.412. The van der Waals surface area contributed by atoms with Crippen LogP contribution in [0.4, 0.5) is 0 Å². The number of nitrogens with two attached hydrogens (primary N) is 1. The van der Waals surface area contributed by atoms with E-state index in [1.165, 1.54) is 79.7 Å². The Morgan fingerprint density at radius 1 is 0.583 bits per heavy atom. The van der Waals surface area contributed by atoms with Gasteiger partial charge in [-0.1, -0.05) is 108 Å². The number of phenolic OH excluding ortho intramolecular Hbond substituents is 3. The minimum atomic E-state index is -1.82. The number of carboxylic acids is 2. The summed E-state index contributed by atoms with van der Waals surface area (Å²) in [7, 11) is 1.63. The van der Waals surface area contributed by atoms with Crippen LogP contribution in [-0.4, -0.2) is 211 Å². The van der Waals surface area contributed by atoms with Gasteiger partial charge in [-0.2, -0.15) is 11.8 Å². The summed E-state index contributed by atoms with van der Waals surface area (Å²) < 4.78 is 0. The maximum atomic E-state index is 15.0. The van der Waals surface area contributed by atoms with E-state index in [4.69, 9.17) is 12.2 Å². The van der Waals surface area contributed by atoms with E-state index < -0.39 is 193 Å².